The number of rotatable bonds is 4. The monoisotopic (exact) mass is 249 g/mol. The molecule has 1 aromatic heterocycles. The molecule has 90 valence electrons. The summed E-state index contributed by atoms with van der Waals surface area (Å²) in [6.45, 7) is 0. The van der Waals surface area contributed by atoms with E-state index in [0.717, 1.165) is 22.1 Å². The van der Waals surface area contributed by atoms with Gasteiger partial charge >= 0.3 is 0 Å². The van der Waals surface area contributed by atoms with Gasteiger partial charge in [-0.25, -0.2) is 0 Å². The Morgan fingerprint density at radius 3 is 2.35 bits per heavy atom. The van der Waals surface area contributed by atoms with Crippen LogP contribution in [0.15, 0.2) is 30.3 Å². The summed E-state index contributed by atoms with van der Waals surface area (Å²) in [4.78, 5) is 1.20. The number of hydrogen-bond donors (Lipinski definition) is 1. The number of anilines is 1. The van der Waals surface area contributed by atoms with Crippen LogP contribution in [0, 0.1) is 0 Å². The molecule has 0 unspecified atom stereocenters. The minimum absolute atomic E-state index is 0.752. The standard InChI is InChI=1S/C13H15NO2S/c1-14-13-7-6-12(17-13)9-4-5-10(15-2)11(8-9)16-3/h4-8,14H,1-3H3. The van der Waals surface area contributed by atoms with Crippen molar-refractivity contribution >= 4 is 16.3 Å². The molecule has 0 aliphatic carbocycles. The maximum absolute atomic E-state index is 5.30. The number of hydrogen-bond acceptors (Lipinski definition) is 4. The second-order valence-corrected chi connectivity index (χ2v) is 4.57. The van der Waals surface area contributed by atoms with Crippen molar-refractivity contribution in [2.24, 2.45) is 0 Å². The normalized spacial score (nSPS) is 10.1. The highest BCUT2D eigenvalue weighted by atomic mass is 32.1. The lowest BCUT2D eigenvalue weighted by atomic mass is 10.1. The zero-order chi connectivity index (χ0) is 12.3. The van der Waals surface area contributed by atoms with Crippen molar-refractivity contribution in [2.45, 2.75) is 0 Å². The van der Waals surface area contributed by atoms with E-state index in [1.807, 2.05) is 25.2 Å². The topological polar surface area (TPSA) is 30.5 Å². The van der Waals surface area contributed by atoms with Gasteiger partial charge in [-0.15, -0.1) is 11.3 Å². The number of ether oxygens (including phenoxy) is 2. The summed E-state index contributed by atoms with van der Waals surface area (Å²) in [6, 6.07) is 10.1. The van der Waals surface area contributed by atoms with Crippen LogP contribution >= 0.6 is 11.3 Å². The Morgan fingerprint density at radius 1 is 1.00 bits per heavy atom. The number of thiophene rings is 1. The molecule has 0 atom stereocenters. The smallest absolute Gasteiger partial charge is 0.161 e. The van der Waals surface area contributed by atoms with Gasteiger partial charge < -0.3 is 14.8 Å². The van der Waals surface area contributed by atoms with Gasteiger partial charge in [-0.1, -0.05) is 0 Å². The zero-order valence-corrected chi connectivity index (χ0v) is 10.9. The molecule has 1 heterocycles. The van der Waals surface area contributed by atoms with Crippen molar-refractivity contribution in [2.75, 3.05) is 26.6 Å². The molecule has 0 radical (unpaired) electrons. The van der Waals surface area contributed by atoms with Gasteiger partial charge in [0.2, 0.25) is 0 Å². The Bertz CT molecular complexity index is 508. The molecule has 0 aliphatic rings. The quantitative estimate of drug-likeness (QED) is 0.900. The van der Waals surface area contributed by atoms with Crippen molar-refractivity contribution < 1.29 is 9.47 Å². The summed E-state index contributed by atoms with van der Waals surface area (Å²) < 4.78 is 10.5. The zero-order valence-electron chi connectivity index (χ0n) is 10.1. The summed E-state index contributed by atoms with van der Waals surface area (Å²) in [7, 11) is 5.21. The molecule has 0 saturated carbocycles. The van der Waals surface area contributed by atoms with Crippen LogP contribution in [0.25, 0.3) is 10.4 Å². The summed E-state index contributed by atoms with van der Waals surface area (Å²) in [6.07, 6.45) is 0. The van der Waals surface area contributed by atoms with Gasteiger partial charge in [-0.2, -0.15) is 0 Å². The lowest BCUT2D eigenvalue weighted by molar-refractivity contribution is 0.355. The molecule has 0 bridgehead atoms. The van der Waals surface area contributed by atoms with Gasteiger partial charge in [0.05, 0.1) is 19.2 Å². The van der Waals surface area contributed by atoms with E-state index in [1.54, 1.807) is 25.6 Å². The number of methoxy groups -OCH3 is 2. The van der Waals surface area contributed by atoms with Crippen LogP contribution < -0.4 is 14.8 Å². The SMILES string of the molecule is CNc1ccc(-c2ccc(OC)c(OC)c2)s1. The third-order valence-corrected chi connectivity index (χ3v) is 3.67. The van der Waals surface area contributed by atoms with Crippen LogP contribution in [0.2, 0.25) is 0 Å². The predicted octanol–water partition coefficient (Wildman–Crippen LogP) is 3.47. The second-order valence-electron chi connectivity index (χ2n) is 3.48. The summed E-state index contributed by atoms with van der Waals surface area (Å²) in [5, 5.41) is 4.28. The number of nitrogens with one attached hydrogen (secondary N) is 1. The molecule has 0 amide bonds. The van der Waals surface area contributed by atoms with Crippen LogP contribution in [0.4, 0.5) is 5.00 Å². The van der Waals surface area contributed by atoms with E-state index in [-0.39, 0.29) is 0 Å². The van der Waals surface area contributed by atoms with Crippen molar-refractivity contribution in [1.82, 2.24) is 0 Å². The fraction of sp³-hybridized carbons (Fsp3) is 0.231. The predicted molar refractivity (Wildman–Crippen MR) is 72.4 cm³/mol. The van der Waals surface area contributed by atoms with Gasteiger partial charge in [0.25, 0.3) is 0 Å². The number of benzene rings is 1. The molecule has 0 spiro atoms. The third kappa shape index (κ3) is 2.36. The highest BCUT2D eigenvalue weighted by Crippen LogP contribution is 2.36. The molecule has 2 aromatic rings. The van der Waals surface area contributed by atoms with Gasteiger partial charge in [0.1, 0.15) is 0 Å². The molecule has 1 aromatic carbocycles. The Labute approximate surface area is 105 Å². The highest BCUT2D eigenvalue weighted by Gasteiger charge is 2.07. The van der Waals surface area contributed by atoms with E-state index in [1.165, 1.54) is 4.88 Å². The van der Waals surface area contributed by atoms with Crippen molar-refractivity contribution in [3.63, 3.8) is 0 Å². The van der Waals surface area contributed by atoms with Gasteiger partial charge in [0, 0.05) is 11.9 Å². The van der Waals surface area contributed by atoms with Crippen molar-refractivity contribution in [1.29, 1.82) is 0 Å². The molecule has 0 aliphatic heterocycles. The first-order valence-electron chi connectivity index (χ1n) is 5.28. The molecular weight excluding hydrogens is 234 g/mol. The summed E-state index contributed by atoms with van der Waals surface area (Å²) in [5.41, 5.74) is 1.13. The van der Waals surface area contributed by atoms with E-state index in [4.69, 9.17) is 9.47 Å². The van der Waals surface area contributed by atoms with Crippen LogP contribution in [0.5, 0.6) is 11.5 Å². The van der Waals surface area contributed by atoms with E-state index >= 15 is 0 Å². The fourth-order valence-corrected chi connectivity index (χ4v) is 2.47. The molecule has 0 fully saturated rings. The van der Waals surface area contributed by atoms with Crippen molar-refractivity contribution in [3.8, 4) is 21.9 Å². The van der Waals surface area contributed by atoms with Gasteiger partial charge in [-0.3, -0.25) is 0 Å². The van der Waals surface area contributed by atoms with E-state index in [2.05, 4.69) is 17.4 Å². The molecular formula is C13H15NO2S. The summed E-state index contributed by atoms with van der Waals surface area (Å²) in [5.74, 6) is 1.51. The van der Waals surface area contributed by atoms with E-state index in [9.17, 15) is 0 Å². The van der Waals surface area contributed by atoms with Gasteiger partial charge in [-0.05, 0) is 35.9 Å². The minimum Gasteiger partial charge on any atom is -0.493 e. The second kappa shape index (κ2) is 5.10. The lowest BCUT2D eigenvalue weighted by Crippen LogP contribution is -1.90. The van der Waals surface area contributed by atoms with E-state index < -0.39 is 0 Å². The molecule has 0 saturated heterocycles. The molecule has 3 nitrogen and oxygen atoms in total. The first-order chi connectivity index (χ1) is 8.28. The van der Waals surface area contributed by atoms with E-state index in [0.29, 0.717) is 0 Å². The molecule has 4 heteroatoms. The van der Waals surface area contributed by atoms with Crippen LogP contribution in [-0.2, 0) is 0 Å². The van der Waals surface area contributed by atoms with Crippen LogP contribution in [0.1, 0.15) is 0 Å². The van der Waals surface area contributed by atoms with Gasteiger partial charge in [0.15, 0.2) is 11.5 Å². The van der Waals surface area contributed by atoms with Crippen LogP contribution in [-0.4, -0.2) is 21.3 Å². The Balaban J connectivity index is 2.38. The first kappa shape index (κ1) is 11.8. The fourth-order valence-electron chi connectivity index (χ4n) is 1.62. The average molecular weight is 249 g/mol. The Morgan fingerprint density at radius 2 is 1.76 bits per heavy atom. The molecule has 1 N–H and O–H groups in total. The maximum atomic E-state index is 5.30. The largest absolute Gasteiger partial charge is 0.493 e. The summed E-state index contributed by atoms with van der Waals surface area (Å²) >= 11 is 1.71. The Kier molecular flexibility index (Phi) is 3.54. The Hall–Kier alpha value is -1.68. The highest BCUT2D eigenvalue weighted by molar-refractivity contribution is 7.19. The van der Waals surface area contributed by atoms with Crippen LogP contribution in [0.3, 0.4) is 0 Å². The molecule has 2 rings (SSSR count). The van der Waals surface area contributed by atoms with Crippen molar-refractivity contribution in [3.05, 3.63) is 30.3 Å². The first-order valence-corrected chi connectivity index (χ1v) is 6.10. The average Bonchev–Trinajstić information content (AvgIpc) is 2.86. The molecule has 17 heavy (non-hydrogen) atoms. The third-order valence-electron chi connectivity index (χ3n) is 2.52. The lowest BCUT2D eigenvalue weighted by Gasteiger charge is -2.08. The minimum atomic E-state index is 0.752. The maximum Gasteiger partial charge on any atom is 0.161 e.